The second-order valence-electron chi connectivity index (χ2n) is 3.19. The zero-order chi connectivity index (χ0) is 12.6. The summed E-state index contributed by atoms with van der Waals surface area (Å²) in [5.74, 6) is 0.262. The molecule has 0 saturated heterocycles. The van der Waals surface area contributed by atoms with Gasteiger partial charge in [0.2, 0.25) is 0 Å². The van der Waals surface area contributed by atoms with E-state index in [2.05, 4.69) is 37.0 Å². The van der Waals surface area contributed by atoms with Gasteiger partial charge in [0.25, 0.3) is 0 Å². The van der Waals surface area contributed by atoms with Gasteiger partial charge in [-0.3, -0.25) is 0 Å². The molecule has 2 aromatic rings. The topological polar surface area (TPSA) is 67.6 Å². The largest absolute Gasteiger partial charge is 0.382 e. The van der Waals surface area contributed by atoms with E-state index >= 15 is 0 Å². The zero-order valence-electron chi connectivity index (χ0n) is 8.28. The smallest absolute Gasteiger partial charge is 0.145 e. The SMILES string of the molecule is N#Cc1cnn(-c2c(Cl)cc(Br)cc2Br)c1N. The molecule has 4 nitrogen and oxygen atoms in total. The number of nitriles is 1. The van der Waals surface area contributed by atoms with Crippen LogP contribution in [-0.2, 0) is 0 Å². The monoisotopic (exact) mass is 374 g/mol. The summed E-state index contributed by atoms with van der Waals surface area (Å²) in [7, 11) is 0. The zero-order valence-corrected chi connectivity index (χ0v) is 12.2. The lowest BCUT2D eigenvalue weighted by Gasteiger charge is -2.09. The normalized spacial score (nSPS) is 10.2. The van der Waals surface area contributed by atoms with Crippen molar-refractivity contribution in [1.29, 1.82) is 5.26 Å². The minimum atomic E-state index is 0.262. The molecule has 0 saturated carbocycles. The molecule has 2 N–H and O–H groups in total. The molecule has 17 heavy (non-hydrogen) atoms. The first-order valence-electron chi connectivity index (χ1n) is 4.43. The van der Waals surface area contributed by atoms with Crippen LogP contribution in [0, 0.1) is 11.3 Å². The lowest BCUT2D eigenvalue weighted by atomic mass is 10.3. The maximum Gasteiger partial charge on any atom is 0.145 e. The van der Waals surface area contributed by atoms with Gasteiger partial charge in [-0.25, -0.2) is 4.68 Å². The number of benzene rings is 1. The van der Waals surface area contributed by atoms with Crippen molar-refractivity contribution in [1.82, 2.24) is 9.78 Å². The average Bonchev–Trinajstić information content (AvgIpc) is 2.59. The summed E-state index contributed by atoms with van der Waals surface area (Å²) in [6.07, 6.45) is 1.40. The van der Waals surface area contributed by atoms with Gasteiger partial charge in [0.15, 0.2) is 0 Å². The van der Waals surface area contributed by atoms with Crippen LogP contribution in [0.5, 0.6) is 0 Å². The van der Waals surface area contributed by atoms with Crippen LogP contribution < -0.4 is 5.73 Å². The Balaban J connectivity index is 2.69. The summed E-state index contributed by atoms with van der Waals surface area (Å²) >= 11 is 12.9. The first-order chi connectivity index (χ1) is 8.04. The number of anilines is 1. The Kier molecular flexibility index (Phi) is 3.43. The van der Waals surface area contributed by atoms with E-state index in [0.717, 1.165) is 8.95 Å². The second kappa shape index (κ2) is 4.69. The van der Waals surface area contributed by atoms with Gasteiger partial charge in [0, 0.05) is 8.95 Å². The number of hydrogen-bond acceptors (Lipinski definition) is 3. The molecule has 0 atom stereocenters. The van der Waals surface area contributed by atoms with Crippen LogP contribution in [0.15, 0.2) is 27.3 Å². The quantitative estimate of drug-likeness (QED) is 0.828. The summed E-state index contributed by atoms with van der Waals surface area (Å²) in [6, 6.07) is 5.52. The lowest BCUT2D eigenvalue weighted by Crippen LogP contribution is -2.04. The summed E-state index contributed by atoms with van der Waals surface area (Å²) in [6.45, 7) is 0. The molecule has 1 aromatic heterocycles. The predicted molar refractivity (Wildman–Crippen MR) is 73.1 cm³/mol. The molecule has 0 aliphatic heterocycles. The standard InChI is InChI=1S/C10H5Br2ClN4/c11-6-1-7(12)9(8(13)2-6)17-10(15)5(3-14)4-16-17/h1-2,4H,15H2. The van der Waals surface area contributed by atoms with E-state index in [-0.39, 0.29) is 5.82 Å². The Morgan fingerprint density at radius 2 is 2.12 bits per heavy atom. The molecule has 0 unspecified atom stereocenters. The van der Waals surface area contributed by atoms with Crippen molar-refractivity contribution in [3.8, 4) is 11.8 Å². The predicted octanol–water partition coefficient (Wildman–Crippen LogP) is 3.50. The van der Waals surface area contributed by atoms with Gasteiger partial charge < -0.3 is 5.73 Å². The lowest BCUT2D eigenvalue weighted by molar-refractivity contribution is 0.886. The molecule has 2 rings (SSSR count). The van der Waals surface area contributed by atoms with Gasteiger partial charge in [-0.1, -0.05) is 27.5 Å². The number of nitrogens with two attached hydrogens (primary N) is 1. The molecule has 0 aliphatic rings. The Morgan fingerprint density at radius 1 is 1.41 bits per heavy atom. The third kappa shape index (κ3) is 2.18. The number of halogens is 3. The molecule has 1 heterocycles. The fraction of sp³-hybridized carbons (Fsp3) is 0. The highest BCUT2D eigenvalue weighted by atomic mass is 79.9. The van der Waals surface area contributed by atoms with Gasteiger partial charge in [0.05, 0.1) is 16.9 Å². The van der Waals surface area contributed by atoms with Gasteiger partial charge >= 0.3 is 0 Å². The van der Waals surface area contributed by atoms with E-state index < -0.39 is 0 Å². The van der Waals surface area contributed by atoms with Crippen LogP contribution in [0.2, 0.25) is 5.02 Å². The highest BCUT2D eigenvalue weighted by molar-refractivity contribution is 9.11. The molecular weight excluding hydrogens is 371 g/mol. The molecule has 0 aliphatic carbocycles. The highest BCUT2D eigenvalue weighted by Crippen LogP contribution is 2.33. The number of hydrogen-bond donors (Lipinski definition) is 1. The summed E-state index contributed by atoms with van der Waals surface area (Å²) < 4.78 is 3.00. The van der Waals surface area contributed by atoms with Crippen molar-refractivity contribution in [2.45, 2.75) is 0 Å². The number of nitrogen functional groups attached to an aromatic ring is 1. The Labute approximate surface area is 119 Å². The van der Waals surface area contributed by atoms with Gasteiger partial charge in [-0.15, -0.1) is 0 Å². The van der Waals surface area contributed by atoms with E-state index in [1.807, 2.05) is 12.1 Å². The van der Waals surface area contributed by atoms with Crippen molar-refractivity contribution in [3.63, 3.8) is 0 Å². The third-order valence-corrected chi connectivity index (χ3v) is 3.47. The minimum Gasteiger partial charge on any atom is -0.382 e. The van der Waals surface area contributed by atoms with Crippen LogP contribution in [0.4, 0.5) is 5.82 Å². The van der Waals surface area contributed by atoms with Gasteiger partial charge in [-0.2, -0.15) is 10.4 Å². The highest BCUT2D eigenvalue weighted by Gasteiger charge is 2.15. The molecule has 0 amide bonds. The van der Waals surface area contributed by atoms with Gasteiger partial charge in [0.1, 0.15) is 17.5 Å². The number of nitrogens with zero attached hydrogens (tertiary/aromatic N) is 3. The molecule has 0 fully saturated rings. The van der Waals surface area contributed by atoms with Gasteiger partial charge in [-0.05, 0) is 28.1 Å². The maximum absolute atomic E-state index is 8.83. The molecule has 86 valence electrons. The van der Waals surface area contributed by atoms with Crippen molar-refractivity contribution in [2.75, 3.05) is 5.73 Å². The van der Waals surface area contributed by atoms with E-state index in [1.165, 1.54) is 10.9 Å². The van der Waals surface area contributed by atoms with Crippen molar-refractivity contribution < 1.29 is 0 Å². The van der Waals surface area contributed by atoms with Crippen LogP contribution in [0.1, 0.15) is 5.56 Å². The van der Waals surface area contributed by atoms with Crippen LogP contribution in [0.3, 0.4) is 0 Å². The maximum atomic E-state index is 8.83. The Morgan fingerprint density at radius 3 is 2.65 bits per heavy atom. The minimum absolute atomic E-state index is 0.262. The molecule has 7 heteroatoms. The Bertz CT molecular complexity index is 607. The van der Waals surface area contributed by atoms with E-state index in [9.17, 15) is 0 Å². The molecule has 0 radical (unpaired) electrons. The third-order valence-electron chi connectivity index (χ3n) is 2.12. The first-order valence-corrected chi connectivity index (χ1v) is 6.39. The average molecular weight is 376 g/mol. The molecule has 0 spiro atoms. The van der Waals surface area contributed by atoms with Crippen LogP contribution >= 0.6 is 43.5 Å². The second-order valence-corrected chi connectivity index (χ2v) is 5.36. The van der Waals surface area contributed by atoms with E-state index in [0.29, 0.717) is 16.3 Å². The summed E-state index contributed by atoms with van der Waals surface area (Å²) in [5, 5.41) is 13.4. The molecule has 1 aromatic carbocycles. The van der Waals surface area contributed by atoms with Crippen molar-refractivity contribution >= 4 is 49.3 Å². The van der Waals surface area contributed by atoms with Crippen LogP contribution in [0.25, 0.3) is 5.69 Å². The number of aromatic nitrogens is 2. The first kappa shape index (κ1) is 12.4. The van der Waals surface area contributed by atoms with E-state index in [1.54, 1.807) is 6.07 Å². The van der Waals surface area contributed by atoms with Crippen molar-refractivity contribution in [3.05, 3.63) is 37.9 Å². The molecule has 0 bridgehead atoms. The van der Waals surface area contributed by atoms with E-state index in [4.69, 9.17) is 22.6 Å². The summed E-state index contributed by atoms with van der Waals surface area (Å²) in [4.78, 5) is 0. The fourth-order valence-corrected chi connectivity index (χ4v) is 3.30. The molecular formula is C10H5Br2ClN4. The Hall–Kier alpha value is -1.03. The van der Waals surface area contributed by atoms with Crippen molar-refractivity contribution in [2.24, 2.45) is 0 Å². The summed E-state index contributed by atoms with van der Waals surface area (Å²) in [5.41, 5.74) is 6.73. The van der Waals surface area contributed by atoms with Crippen LogP contribution in [-0.4, -0.2) is 9.78 Å². The fourth-order valence-electron chi connectivity index (χ4n) is 1.36. The number of rotatable bonds is 1.